The topological polar surface area (TPSA) is 0 Å². The van der Waals surface area contributed by atoms with Crippen LogP contribution in [0.2, 0.25) is 0 Å². The number of hydrogen-bond acceptors (Lipinski definition) is 0. The number of rotatable bonds is 10. The van der Waals surface area contributed by atoms with E-state index in [1.54, 1.807) is 12.1 Å². The van der Waals surface area contributed by atoms with Gasteiger partial charge in [-0.05, 0) is 30.5 Å². The predicted octanol–water partition coefficient (Wildman–Crippen LogP) is 6.27. The van der Waals surface area contributed by atoms with Crippen molar-refractivity contribution in [1.29, 1.82) is 0 Å². The van der Waals surface area contributed by atoms with Gasteiger partial charge in [-0.2, -0.15) is 0 Å². The first-order valence-electron chi connectivity index (χ1n) is 7.61. The second-order valence-corrected chi connectivity index (χ2v) is 6.63. The van der Waals surface area contributed by atoms with Gasteiger partial charge in [0.2, 0.25) is 0 Å². The molecule has 0 fully saturated rings. The molecule has 108 valence electrons. The number of benzene rings is 1. The van der Waals surface area contributed by atoms with Crippen LogP contribution in [0.4, 0.5) is 4.39 Å². The molecular formula is C17H26BrF. The molecule has 0 saturated carbocycles. The van der Waals surface area contributed by atoms with E-state index in [0.29, 0.717) is 4.83 Å². The van der Waals surface area contributed by atoms with Crippen LogP contribution in [0.5, 0.6) is 0 Å². The first-order valence-corrected chi connectivity index (χ1v) is 8.52. The van der Waals surface area contributed by atoms with Crippen molar-refractivity contribution >= 4 is 15.9 Å². The third kappa shape index (κ3) is 8.41. The first kappa shape index (κ1) is 16.7. The lowest BCUT2D eigenvalue weighted by Crippen LogP contribution is -2.02. The molecule has 0 aliphatic heterocycles. The lowest BCUT2D eigenvalue weighted by molar-refractivity contribution is 0.570. The quantitative estimate of drug-likeness (QED) is 0.350. The zero-order chi connectivity index (χ0) is 13.9. The van der Waals surface area contributed by atoms with E-state index in [-0.39, 0.29) is 5.82 Å². The Kier molecular flexibility index (Phi) is 9.15. The van der Waals surface area contributed by atoms with Gasteiger partial charge in [0.15, 0.2) is 0 Å². The maximum Gasteiger partial charge on any atom is 0.123 e. The Morgan fingerprint density at radius 3 is 2.16 bits per heavy atom. The van der Waals surface area contributed by atoms with Crippen molar-refractivity contribution in [3.8, 4) is 0 Å². The monoisotopic (exact) mass is 328 g/mol. The summed E-state index contributed by atoms with van der Waals surface area (Å²) in [5.41, 5.74) is 1.21. The summed E-state index contributed by atoms with van der Waals surface area (Å²) in [6.07, 6.45) is 11.7. The Hall–Kier alpha value is -0.370. The summed E-state index contributed by atoms with van der Waals surface area (Å²) in [6.45, 7) is 2.25. The summed E-state index contributed by atoms with van der Waals surface area (Å²) in [5.74, 6) is -0.151. The molecule has 0 bridgehead atoms. The van der Waals surface area contributed by atoms with Gasteiger partial charge in [0.1, 0.15) is 5.82 Å². The smallest absolute Gasteiger partial charge is 0.123 e. The maximum absolute atomic E-state index is 12.8. The highest BCUT2D eigenvalue weighted by molar-refractivity contribution is 9.09. The second-order valence-electron chi connectivity index (χ2n) is 5.34. The fourth-order valence-electron chi connectivity index (χ4n) is 2.30. The van der Waals surface area contributed by atoms with Crippen LogP contribution in [-0.4, -0.2) is 4.83 Å². The Bertz CT molecular complexity index is 321. The third-order valence-corrected chi connectivity index (χ3v) is 4.27. The molecule has 1 aromatic rings. The van der Waals surface area contributed by atoms with Crippen molar-refractivity contribution in [2.24, 2.45) is 0 Å². The van der Waals surface area contributed by atoms with E-state index in [1.807, 2.05) is 12.1 Å². The van der Waals surface area contributed by atoms with Crippen LogP contribution in [0.1, 0.15) is 63.9 Å². The molecule has 1 aromatic carbocycles. The van der Waals surface area contributed by atoms with Gasteiger partial charge in [-0.1, -0.05) is 79.9 Å². The molecule has 0 spiro atoms. The van der Waals surface area contributed by atoms with Gasteiger partial charge < -0.3 is 0 Å². The fourth-order valence-corrected chi connectivity index (χ4v) is 3.00. The first-order chi connectivity index (χ1) is 9.22. The highest BCUT2D eigenvalue weighted by Gasteiger charge is 2.05. The molecule has 0 aromatic heterocycles. The van der Waals surface area contributed by atoms with Crippen molar-refractivity contribution in [2.45, 2.75) is 69.5 Å². The van der Waals surface area contributed by atoms with Gasteiger partial charge in [0.05, 0.1) is 0 Å². The molecule has 0 aliphatic rings. The van der Waals surface area contributed by atoms with E-state index in [2.05, 4.69) is 22.9 Å². The Balaban J connectivity index is 2.04. The van der Waals surface area contributed by atoms with Crippen molar-refractivity contribution in [3.63, 3.8) is 0 Å². The molecule has 2 heteroatoms. The molecule has 0 radical (unpaired) electrons. The van der Waals surface area contributed by atoms with Crippen LogP contribution in [0.15, 0.2) is 24.3 Å². The number of halogens is 2. The minimum atomic E-state index is -0.151. The Labute approximate surface area is 125 Å². The van der Waals surface area contributed by atoms with Crippen LogP contribution in [0, 0.1) is 5.82 Å². The average Bonchev–Trinajstić information content (AvgIpc) is 2.40. The number of alkyl halides is 1. The molecular weight excluding hydrogens is 303 g/mol. The van der Waals surface area contributed by atoms with Gasteiger partial charge in [0, 0.05) is 4.83 Å². The van der Waals surface area contributed by atoms with Gasteiger partial charge in [-0.3, -0.25) is 0 Å². The zero-order valence-electron chi connectivity index (χ0n) is 12.0. The van der Waals surface area contributed by atoms with Crippen LogP contribution >= 0.6 is 15.9 Å². The van der Waals surface area contributed by atoms with Crippen molar-refractivity contribution in [2.75, 3.05) is 0 Å². The summed E-state index contributed by atoms with van der Waals surface area (Å²) in [7, 11) is 0. The molecule has 0 nitrogen and oxygen atoms in total. The number of hydrogen-bond donors (Lipinski definition) is 0. The molecule has 0 N–H and O–H groups in total. The predicted molar refractivity (Wildman–Crippen MR) is 85.4 cm³/mol. The lowest BCUT2D eigenvalue weighted by Gasteiger charge is -2.09. The van der Waals surface area contributed by atoms with Gasteiger partial charge >= 0.3 is 0 Å². The third-order valence-electron chi connectivity index (χ3n) is 3.49. The molecule has 0 heterocycles. The van der Waals surface area contributed by atoms with E-state index >= 15 is 0 Å². The van der Waals surface area contributed by atoms with E-state index < -0.39 is 0 Å². The summed E-state index contributed by atoms with van der Waals surface area (Å²) >= 11 is 3.73. The fraction of sp³-hybridized carbons (Fsp3) is 0.647. The van der Waals surface area contributed by atoms with Crippen molar-refractivity contribution in [1.82, 2.24) is 0 Å². The minimum absolute atomic E-state index is 0.151. The van der Waals surface area contributed by atoms with E-state index in [1.165, 1.54) is 56.9 Å². The highest BCUT2D eigenvalue weighted by atomic mass is 79.9. The van der Waals surface area contributed by atoms with Crippen LogP contribution < -0.4 is 0 Å². The van der Waals surface area contributed by atoms with Gasteiger partial charge in [0.25, 0.3) is 0 Å². The number of unbranched alkanes of at least 4 members (excludes halogenated alkanes) is 6. The average molecular weight is 329 g/mol. The highest BCUT2D eigenvalue weighted by Crippen LogP contribution is 2.18. The summed E-state index contributed by atoms with van der Waals surface area (Å²) in [4.78, 5) is 0.522. The second kappa shape index (κ2) is 10.4. The van der Waals surface area contributed by atoms with Crippen LogP contribution in [0.25, 0.3) is 0 Å². The van der Waals surface area contributed by atoms with Crippen molar-refractivity contribution in [3.05, 3.63) is 35.6 Å². The van der Waals surface area contributed by atoms with Crippen LogP contribution in [0.3, 0.4) is 0 Å². The Morgan fingerprint density at radius 2 is 1.53 bits per heavy atom. The van der Waals surface area contributed by atoms with E-state index in [4.69, 9.17) is 0 Å². The van der Waals surface area contributed by atoms with Gasteiger partial charge in [-0.25, -0.2) is 4.39 Å². The molecule has 19 heavy (non-hydrogen) atoms. The van der Waals surface area contributed by atoms with Gasteiger partial charge in [-0.15, -0.1) is 0 Å². The standard InChI is InChI=1S/C17H26BrF/c1-2-3-4-5-6-7-8-9-16(18)14-15-10-12-17(19)13-11-15/h10-13,16H,2-9,14H2,1H3. The van der Waals surface area contributed by atoms with Crippen molar-refractivity contribution < 1.29 is 4.39 Å². The molecule has 0 aliphatic carbocycles. The summed E-state index contributed by atoms with van der Waals surface area (Å²) in [6, 6.07) is 6.86. The normalized spacial score (nSPS) is 12.6. The largest absolute Gasteiger partial charge is 0.207 e. The van der Waals surface area contributed by atoms with E-state index in [0.717, 1.165) is 6.42 Å². The van der Waals surface area contributed by atoms with Crippen LogP contribution in [-0.2, 0) is 6.42 Å². The maximum atomic E-state index is 12.8. The minimum Gasteiger partial charge on any atom is -0.207 e. The van der Waals surface area contributed by atoms with E-state index in [9.17, 15) is 4.39 Å². The summed E-state index contributed by atoms with van der Waals surface area (Å²) < 4.78 is 12.8. The lowest BCUT2D eigenvalue weighted by atomic mass is 10.0. The molecule has 1 unspecified atom stereocenters. The molecule has 1 atom stereocenters. The molecule has 1 rings (SSSR count). The zero-order valence-corrected chi connectivity index (χ0v) is 13.6. The summed E-state index contributed by atoms with van der Waals surface area (Å²) in [5, 5.41) is 0. The molecule has 0 amide bonds. The molecule has 0 saturated heterocycles. The SMILES string of the molecule is CCCCCCCCCC(Br)Cc1ccc(F)cc1. The Morgan fingerprint density at radius 1 is 0.947 bits per heavy atom.